The second-order valence-electron chi connectivity index (χ2n) is 6.04. The number of hydrogen-bond donors (Lipinski definition) is 5. The third-order valence-corrected chi connectivity index (χ3v) is 3.71. The van der Waals surface area contributed by atoms with Gasteiger partial charge in [-0.05, 0) is 19.8 Å². The largest absolute Gasteiger partial charge is 0.481 e. The molecule has 0 unspecified atom stereocenters. The maximum absolute atomic E-state index is 10.3. The highest BCUT2D eigenvalue weighted by atomic mass is 16.4. The minimum atomic E-state index is -1.13. The molecule has 0 saturated carbocycles. The van der Waals surface area contributed by atoms with Crippen LogP contribution in [0.3, 0.4) is 0 Å². The molecule has 0 radical (unpaired) electrons. The Morgan fingerprint density at radius 2 is 1.50 bits per heavy atom. The van der Waals surface area contributed by atoms with Crippen LogP contribution in [0.25, 0.3) is 0 Å². The lowest BCUT2D eigenvalue weighted by atomic mass is 10.0. The molecule has 4 atom stereocenters. The maximum atomic E-state index is 10.3. The molecule has 0 aromatic heterocycles. The summed E-state index contributed by atoms with van der Waals surface area (Å²) in [5.41, 5.74) is 0. The fourth-order valence-electron chi connectivity index (χ4n) is 2.31. The summed E-state index contributed by atoms with van der Waals surface area (Å²) < 4.78 is 0. The standard InChI is InChI=1S/C18H32O6/c1-2-8-15(20)13-17(22)16(21)12-11-14(19)9-6-4-3-5-7-10-18(23)24/h2,8,11-12,14-17,19-22H,3-7,9-10,13H2,1H3,(H,23,24)/b8-2+,12-11+/t14-,15+,16-,17-/m0/s1. The molecule has 0 aromatic carbocycles. The van der Waals surface area contributed by atoms with Gasteiger partial charge in [0, 0.05) is 12.8 Å². The van der Waals surface area contributed by atoms with Crippen LogP contribution >= 0.6 is 0 Å². The molecule has 0 aromatic rings. The number of aliphatic hydroxyl groups is 4. The first-order chi connectivity index (χ1) is 11.4. The van der Waals surface area contributed by atoms with Crippen molar-refractivity contribution in [2.45, 2.75) is 82.7 Å². The predicted octanol–water partition coefficient (Wildman–Crippen LogP) is 1.77. The Labute approximate surface area is 144 Å². The number of carbonyl (C=O) groups is 1. The minimum Gasteiger partial charge on any atom is -0.481 e. The molecule has 24 heavy (non-hydrogen) atoms. The van der Waals surface area contributed by atoms with Gasteiger partial charge in [0.15, 0.2) is 0 Å². The van der Waals surface area contributed by atoms with Crippen molar-refractivity contribution in [1.82, 2.24) is 0 Å². The molecule has 0 aliphatic rings. The Morgan fingerprint density at radius 3 is 2.12 bits per heavy atom. The monoisotopic (exact) mass is 344 g/mol. The van der Waals surface area contributed by atoms with Crippen LogP contribution in [0.4, 0.5) is 0 Å². The van der Waals surface area contributed by atoms with E-state index in [4.69, 9.17) is 5.11 Å². The summed E-state index contributed by atoms with van der Waals surface area (Å²) in [5.74, 6) is -0.769. The van der Waals surface area contributed by atoms with Crippen molar-refractivity contribution in [3.63, 3.8) is 0 Å². The van der Waals surface area contributed by atoms with Crippen LogP contribution in [-0.4, -0.2) is 55.9 Å². The first kappa shape index (κ1) is 22.8. The molecule has 0 aliphatic carbocycles. The number of aliphatic hydroxyl groups excluding tert-OH is 4. The lowest BCUT2D eigenvalue weighted by molar-refractivity contribution is -0.137. The average molecular weight is 344 g/mol. The highest BCUT2D eigenvalue weighted by molar-refractivity contribution is 5.66. The quantitative estimate of drug-likeness (QED) is 0.242. The van der Waals surface area contributed by atoms with Crippen molar-refractivity contribution >= 4 is 5.97 Å². The molecule has 0 amide bonds. The normalized spacial score (nSPS) is 17.2. The number of carboxylic acids is 1. The van der Waals surface area contributed by atoms with Gasteiger partial charge in [-0.15, -0.1) is 0 Å². The van der Waals surface area contributed by atoms with Crippen molar-refractivity contribution in [2.75, 3.05) is 0 Å². The molecule has 0 heterocycles. The van der Waals surface area contributed by atoms with E-state index >= 15 is 0 Å². The van der Waals surface area contributed by atoms with E-state index in [0.29, 0.717) is 12.8 Å². The zero-order valence-corrected chi connectivity index (χ0v) is 14.4. The van der Waals surface area contributed by atoms with Gasteiger partial charge in [-0.25, -0.2) is 0 Å². The first-order valence-electron chi connectivity index (χ1n) is 8.62. The van der Waals surface area contributed by atoms with Crippen LogP contribution in [0.15, 0.2) is 24.3 Å². The maximum Gasteiger partial charge on any atom is 0.303 e. The van der Waals surface area contributed by atoms with Crippen molar-refractivity contribution in [1.29, 1.82) is 0 Å². The fraction of sp³-hybridized carbons (Fsp3) is 0.722. The summed E-state index contributed by atoms with van der Waals surface area (Å²) in [6.07, 6.45) is 7.32. The van der Waals surface area contributed by atoms with Gasteiger partial charge >= 0.3 is 5.97 Å². The Morgan fingerprint density at radius 1 is 0.875 bits per heavy atom. The Hall–Kier alpha value is -1.21. The lowest BCUT2D eigenvalue weighted by Crippen LogP contribution is -2.28. The van der Waals surface area contributed by atoms with E-state index in [0.717, 1.165) is 25.7 Å². The highest BCUT2D eigenvalue weighted by Crippen LogP contribution is 2.11. The molecule has 6 heteroatoms. The number of hydrogen-bond acceptors (Lipinski definition) is 5. The summed E-state index contributed by atoms with van der Waals surface area (Å²) in [7, 11) is 0. The number of aliphatic carboxylic acids is 1. The summed E-state index contributed by atoms with van der Waals surface area (Å²) in [5, 5.41) is 47.3. The molecule has 6 nitrogen and oxygen atoms in total. The number of rotatable bonds is 14. The molecule has 5 N–H and O–H groups in total. The fourth-order valence-corrected chi connectivity index (χ4v) is 2.31. The van der Waals surface area contributed by atoms with Crippen molar-refractivity contribution in [3.8, 4) is 0 Å². The third kappa shape index (κ3) is 13.2. The van der Waals surface area contributed by atoms with E-state index in [1.54, 1.807) is 13.0 Å². The molecule has 140 valence electrons. The first-order valence-corrected chi connectivity index (χ1v) is 8.62. The Balaban J connectivity index is 3.82. The van der Waals surface area contributed by atoms with Crippen LogP contribution in [0.2, 0.25) is 0 Å². The van der Waals surface area contributed by atoms with Gasteiger partial charge in [-0.1, -0.05) is 50.0 Å². The molecule has 0 spiro atoms. The molecular weight excluding hydrogens is 312 g/mol. The van der Waals surface area contributed by atoms with Gasteiger partial charge in [0.05, 0.1) is 24.4 Å². The van der Waals surface area contributed by atoms with Gasteiger partial charge in [-0.3, -0.25) is 4.79 Å². The van der Waals surface area contributed by atoms with Crippen LogP contribution in [-0.2, 0) is 4.79 Å². The summed E-state index contributed by atoms with van der Waals surface area (Å²) in [6.45, 7) is 1.76. The van der Waals surface area contributed by atoms with Gasteiger partial charge in [0.2, 0.25) is 0 Å². The number of carboxylic acid groups (broad SMARTS) is 1. The van der Waals surface area contributed by atoms with Crippen LogP contribution < -0.4 is 0 Å². The van der Waals surface area contributed by atoms with Crippen molar-refractivity contribution < 1.29 is 30.3 Å². The smallest absolute Gasteiger partial charge is 0.303 e. The average Bonchev–Trinajstić information content (AvgIpc) is 2.51. The molecule has 0 fully saturated rings. The third-order valence-electron chi connectivity index (χ3n) is 3.71. The van der Waals surface area contributed by atoms with Gasteiger partial charge in [-0.2, -0.15) is 0 Å². The lowest BCUT2D eigenvalue weighted by Gasteiger charge is -2.17. The molecule has 0 rings (SSSR count). The topological polar surface area (TPSA) is 118 Å². The van der Waals surface area contributed by atoms with Gasteiger partial charge < -0.3 is 25.5 Å². The van der Waals surface area contributed by atoms with E-state index in [-0.39, 0.29) is 12.8 Å². The van der Waals surface area contributed by atoms with Gasteiger partial charge in [0.1, 0.15) is 0 Å². The summed E-state index contributed by atoms with van der Waals surface area (Å²) in [4.78, 5) is 10.3. The van der Waals surface area contributed by atoms with Crippen molar-refractivity contribution in [3.05, 3.63) is 24.3 Å². The zero-order valence-electron chi connectivity index (χ0n) is 14.4. The van der Waals surface area contributed by atoms with Crippen LogP contribution in [0.1, 0.15) is 58.3 Å². The predicted molar refractivity (Wildman–Crippen MR) is 92.6 cm³/mol. The van der Waals surface area contributed by atoms with E-state index < -0.39 is 30.4 Å². The summed E-state index contributed by atoms with van der Waals surface area (Å²) >= 11 is 0. The number of allylic oxidation sites excluding steroid dienone is 1. The second-order valence-corrected chi connectivity index (χ2v) is 6.04. The van der Waals surface area contributed by atoms with E-state index in [2.05, 4.69) is 0 Å². The zero-order chi connectivity index (χ0) is 18.4. The molecule has 0 bridgehead atoms. The molecule has 0 saturated heterocycles. The molecule has 0 aliphatic heterocycles. The highest BCUT2D eigenvalue weighted by Gasteiger charge is 2.16. The number of unbranched alkanes of at least 4 members (excludes halogenated alkanes) is 4. The van der Waals surface area contributed by atoms with Crippen molar-refractivity contribution in [2.24, 2.45) is 0 Å². The van der Waals surface area contributed by atoms with Crippen LogP contribution in [0.5, 0.6) is 0 Å². The second kappa shape index (κ2) is 14.2. The van der Waals surface area contributed by atoms with E-state index in [1.165, 1.54) is 18.2 Å². The minimum absolute atomic E-state index is 0.0300. The van der Waals surface area contributed by atoms with E-state index in [1.807, 2.05) is 0 Å². The van der Waals surface area contributed by atoms with Gasteiger partial charge in [0.25, 0.3) is 0 Å². The summed E-state index contributed by atoms with van der Waals surface area (Å²) in [6, 6.07) is 0. The Kier molecular flexibility index (Phi) is 13.4. The Bertz CT molecular complexity index is 380. The van der Waals surface area contributed by atoms with Crippen LogP contribution in [0, 0.1) is 0 Å². The molecular formula is C18H32O6. The van der Waals surface area contributed by atoms with E-state index in [9.17, 15) is 25.2 Å². The SMILES string of the molecule is C/C=C/[C@@H](O)C[C@H](O)[C@@H](O)/C=C/[C@@H](O)CCCCCCCC(=O)O.